The third-order valence-electron chi connectivity index (χ3n) is 3.60. The first-order valence-corrected chi connectivity index (χ1v) is 8.89. The van der Waals surface area contributed by atoms with Gasteiger partial charge < -0.3 is 5.73 Å². The summed E-state index contributed by atoms with van der Waals surface area (Å²) in [6, 6.07) is 13.3. The molecule has 2 aromatic carbocycles. The van der Waals surface area contributed by atoms with E-state index >= 15 is 0 Å². The normalized spacial score (nSPS) is 12.4. The third kappa shape index (κ3) is 4.60. The van der Waals surface area contributed by atoms with Crippen LogP contribution in [0.4, 0.5) is 0 Å². The lowest BCUT2D eigenvalue weighted by Gasteiger charge is -2.15. The van der Waals surface area contributed by atoms with Gasteiger partial charge in [-0.05, 0) is 61.6 Å². The fraction of sp³-hybridized carbons (Fsp3) is 0.333. The summed E-state index contributed by atoms with van der Waals surface area (Å²) in [5.41, 5.74) is 10.1. The molecule has 21 heavy (non-hydrogen) atoms. The largest absolute Gasteiger partial charge is 0.327 e. The first-order valence-electron chi connectivity index (χ1n) is 7.28. The van der Waals surface area contributed by atoms with E-state index in [0.29, 0.717) is 0 Å². The maximum absolute atomic E-state index is 6.14. The molecule has 1 nitrogen and oxygen atoms in total. The van der Waals surface area contributed by atoms with E-state index in [0.717, 1.165) is 17.3 Å². The Balaban J connectivity index is 2.33. The van der Waals surface area contributed by atoms with Gasteiger partial charge in [0.25, 0.3) is 0 Å². The Morgan fingerprint density at radius 3 is 2.57 bits per heavy atom. The molecule has 0 radical (unpaired) electrons. The molecular weight excluding hydrogens is 342 g/mol. The molecule has 2 N–H and O–H groups in total. The Morgan fingerprint density at radius 2 is 1.86 bits per heavy atom. The Kier molecular flexibility index (Phi) is 5.91. The second-order valence-corrected chi connectivity index (χ2v) is 7.49. The van der Waals surface area contributed by atoms with E-state index in [-0.39, 0.29) is 6.04 Å². The molecule has 0 aliphatic heterocycles. The molecule has 0 saturated carbocycles. The molecule has 0 amide bonds. The first-order chi connectivity index (χ1) is 9.99. The molecule has 3 heteroatoms. The van der Waals surface area contributed by atoms with Gasteiger partial charge in [-0.25, -0.2) is 0 Å². The van der Waals surface area contributed by atoms with Gasteiger partial charge >= 0.3 is 0 Å². The summed E-state index contributed by atoms with van der Waals surface area (Å²) < 4.78 is 1.11. The lowest BCUT2D eigenvalue weighted by Crippen LogP contribution is -2.21. The van der Waals surface area contributed by atoms with Crippen molar-refractivity contribution in [2.75, 3.05) is 0 Å². The van der Waals surface area contributed by atoms with Crippen LogP contribution in [0.15, 0.2) is 50.7 Å². The van der Waals surface area contributed by atoms with Crippen LogP contribution in [0.1, 0.15) is 30.0 Å². The minimum Gasteiger partial charge on any atom is -0.327 e. The van der Waals surface area contributed by atoms with Gasteiger partial charge in [0.05, 0.1) is 0 Å². The molecule has 1 unspecified atom stereocenters. The molecule has 0 aliphatic carbocycles. The van der Waals surface area contributed by atoms with Crippen molar-refractivity contribution >= 4 is 27.7 Å². The number of benzene rings is 2. The van der Waals surface area contributed by atoms with Crippen LogP contribution in [0.3, 0.4) is 0 Å². The summed E-state index contributed by atoms with van der Waals surface area (Å²) in [7, 11) is 0. The van der Waals surface area contributed by atoms with E-state index in [1.54, 1.807) is 0 Å². The van der Waals surface area contributed by atoms with Crippen molar-refractivity contribution < 1.29 is 0 Å². The van der Waals surface area contributed by atoms with Crippen LogP contribution in [-0.2, 0) is 6.42 Å². The lowest BCUT2D eigenvalue weighted by molar-refractivity contribution is 0.641. The van der Waals surface area contributed by atoms with Gasteiger partial charge in [-0.2, -0.15) is 0 Å². The van der Waals surface area contributed by atoms with Gasteiger partial charge in [-0.1, -0.05) is 52.8 Å². The Labute approximate surface area is 140 Å². The number of hydrogen-bond acceptors (Lipinski definition) is 2. The van der Waals surface area contributed by atoms with E-state index in [9.17, 15) is 0 Å². The number of rotatable bonds is 5. The zero-order valence-corrected chi connectivity index (χ0v) is 15.2. The van der Waals surface area contributed by atoms with Crippen LogP contribution >= 0.6 is 27.7 Å². The number of nitrogens with two attached hydrogens (primary N) is 1. The van der Waals surface area contributed by atoms with Crippen molar-refractivity contribution in [3.63, 3.8) is 0 Å². The smallest absolute Gasteiger partial charge is 0.0186 e. The Hall–Kier alpha value is -0.770. The average Bonchev–Trinajstić information content (AvgIpc) is 2.45. The summed E-state index contributed by atoms with van der Waals surface area (Å²) >= 11 is 5.42. The fourth-order valence-corrected chi connectivity index (χ4v) is 3.85. The van der Waals surface area contributed by atoms with E-state index < -0.39 is 0 Å². The maximum Gasteiger partial charge on any atom is 0.0186 e. The van der Waals surface area contributed by atoms with Gasteiger partial charge in [0.1, 0.15) is 0 Å². The van der Waals surface area contributed by atoms with Crippen molar-refractivity contribution in [3.8, 4) is 0 Å². The van der Waals surface area contributed by atoms with Crippen molar-refractivity contribution in [1.29, 1.82) is 0 Å². The number of hydrogen-bond donors (Lipinski definition) is 1. The van der Waals surface area contributed by atoms with E-state index in [1.165, 1.54) is 26.5 Å². The summed E-state index contributed by atoms with van der Waals surface area (Å²) in [5.74, 6) is 0. The molecule has 2 aromatic rings. The van der Waals surface area contributed by atoms with Crippen LogP contribution in [0.2, 0.25) is 0 Å². The van der Waals surface area contributed by atoms with Crippen molar-refractivity contribution in [2.24, 2.45) is 5.73 Å². The monoisotopic (exact) mass is 363 g/mol. The van der Waals surface area contributed by atoms with E-state index in [4.69, 9.17) is 5.73 Å². The summed E-state index contributed by atoms with van der Waals surface area (Å²) in [4.78, 5) is 2.61. The predicted molar refractivity (Wildman–Crippen MR) is 96.2 cm³/mol. The molecule has 0 aliphatic rings. The highest BCUT2D eigenvalue weighted by Gasteiger charge is 2.10. The molecule has 0 aromatic heterocycles. The van der Waals surface area contributed by atoms with Gasteiger partial charge in [-0.3, -0.25) is 0 Å². The van der Waals surface area contributed by atoms with Gasteiger partial charge in [-0.15, -0.1) is 0 Å². The van der Waals surface area contributed by atoms with E-state index in [1.807, 2.05) is 11.8 Å². The average molecular weight is 364 g/mol. The second-order valence-electron chi connectivity index (χ2n) is 5.50. The molecule has 2 rings (SSSR count). The zero-order chi connectivity index (χ0) is 15.4. The van der Waals surface area contributed by atoms with Gasteiger partial charge in [0, 0.05) is 20.3 Å². The zero-order valence-electron chi connectivity index (χ0n) is 12.8. The Bertz CT molecular complexity index is 625. The molecule has 0 saturated heterocycles. The molecule has 0 spiro atoms. The topological polar surface area (TPSA) is 26.0 Å². The van der Waals surface area contributed by atoms with Crippen molar-refractivity contribution in [2.45, 2.75) is 49.4 Å². The molecule has 0 fully saturated rings. The highest BCUT2D eigenvalue weighted by molar-refractivity contribution is 9.10. The van der Waals surface area contributed by atoms with Crippen LogP contribution in [0.5, 0.6) is 0 Å². The lowest BCUT2D eigenvalue weighted by atomic mass is 10.1. The SMILES string of the molecule is CCC(N)Cc1ccc(Br)cc1Sc1cc(C)ccc1C. The molecule has 112 valence electrons. The fourth-order valence-electron chi connectivity index (χ4n) is 2.15. The summed E-state index contributed by atoms with van der Waals surface area (Å²) in [5, 5.41) is 0. The predicted octanol–water partition coefficient (Wildman–Crippen LogP) is 5.50. The molecule has 0 bridgehead atoms. The number of aryl methyl sites for hydroxylation is 2. The quantitative estimate of drug-likeness (QED) is 0.758. The van der Waals surface area contributed by atoms with Crippen molar-refractivity contribution in [3.05, 3.63) is 57.6 Å². The molecule has 0 heterocycles. The number of halogens is 1. The highest BCUT2D eigenvalue weighted by Crippen LogP contribution is 2.35. The molecule has 1 atom stereocenters. The summed E-state index contributed by atoms with van der Waals surface area (Å²) in [6.45, 7) is 6.44. The molecular formula is C18H22BrNS. The van der Waals surface area contributed by atoms with Crippen molar-refractivity contribution in [1.82, 2.24) is 0 Å². The van der Waals surface area contributed by atoms with Crippen LogP contribution in [0.25, 0.3) is 0 Å². The van der Waals surface area contributed by atoms with Crippen LogP contribution in [0, 0.1) is 13.8 Å². The van der Waals surface area contributed by atoms with E-state index in [2.05, 4.69) is 73.1 Å². The minimum atomic E-state index is 0.226. The van der Waals surface area contributed by atoms with Gasteiger partial charge in [0.15, 0.2) is 0 Å². The minimum absolute atomic E-state index is 0.226. The Morgan fingerprint density at radius 1 is 1.10 bits per heavy atom. The standard InChI is InChI=1S/C18H22BrNS/c1-4-16(20)10-14-7-8-15(19)11-18(14)21-17-9-12(2)5-6-13(17)3/h5-9,11,16H,4,10,20H2,1-3H3. The first kappa shape index (κ1) is 16.6. The van der Waals surface area contributed by atoms with Gasteiger partial charge in [0.2, 0.25) is 0 Å². The second kappa shape index (κ2) is 7.48. The summed E-state index contributed by atoms with van der Waals surface area (Å²) in [6.07, 6.45) is 1.93. The highest BCUT2D eigenvalue weighted by atomic mass is 79.9. The van der Waals surface area contributed by atoms with Crippen LogP contribution < -0.4 is 5.73 Å². The van der Waals surface area contributed by atoms with Crippen LogP contribution in [-0.4, -0.2) is 6.04 Å². The third-order valence-corrected chi connectivity index (χ3v) is 5.35. The maximum atomic E-state index is 6.14.